The molecule has 2 bridgehead atoms. The van der Waals surface area contributed by atoms with E-state index in [1.165, 1.54) is 5.56 Å². The Bertz CT molecular complexity index is 1230. The Balaban J connectivity index is 1.36. The minimum Gasteiger partial charge on any atom is -0.404 e. The standard InChI is InChI=1S/C34H54BN5O6/c1-23(2)19-30(35-45-29-22-26-21-28(33(26,3)4)34(29,5)46-35)38-31(42)25(16-12-18-37-32(36)39-40(43)44)20-27(41)17-11-7-10-15-24-13-8-6-9-14-24/h6,8-9,13-14,23,25-26,28-30H,7,10-12,15-22H2,1-5H3,(H,38,42)(H3,36,37,39)/t25-,26-,28-,29-,30+,34+/m1/s1. The molecule has 11 nitrogen and oxygen atoms in total. The molecule has 3 aliphatic carbocycles. The fourth-order valence-corrected chi connectivity index (χ4v) is 7.96. The number of amides is 1. The van der Waals surface area contributed by atoms with Crippen LogP contribution in [-0.2, 0) is 25.3 Å². The van der Waals surface area contributed by atoms with Crippen LogP contribution in [0.2, 0.25) is 0 Å². The molecule has 1 amide bonds. The van der Waals surface area contributed by atoms with Crippen molar-refractivity contribution in [3.63, 3.8) is 0 Å². The van der Waals surface area contributed by atoms with E-state index in [9.17, 15) is 19.7 Å². The van der Waals surface area contributed by atoms with Crippen molar-refractivity contribution >= 4 is 24.8 Å². The lowest BCUT2D eigenvalue weighted by Crippen LogP contribution is -2.65. The maximum atomic E-state index is 13.9. The van der Waals surface area contributed by atoms with Crippen LogP contribution in [0.5, 0.6) is 0 Å². The molecule has 0 spiro atoms. The van der Waals surface area contributed by atoms with Crippen molar-refractivity contribution in [2.24, 2.45) is 39.8 Å². The predicted molar refractivity (Wildman–Crippen MR) is 179 cm³/mol. The summed E-state index contributed by atoms with van der Waals surface area (Å²) in [5.41, 5.74) is 8.52. The number of rotatable bonds is 18. The highest BCUT2D eigenvalue weighted by Crippen LogP contribution is 2.65. The van der Waals surface area contributed by atoms with Crippen molar-refractivity contribution in [1.82, 2.24) is 10.7 Å². The molecule has 1 aromatic carbocycles. The zero-order valence-electron chi connectivity index (χ0n) is 28.3. The SMILES string of the molecule is CC(C)C[C@H](NC(=O)[C@H](CCCN=C(N)N[N+](=O)[O-])CC(=O)CCCCCc1ccccc1)B1O[C@@H]2C[C@H]3C[C@H](C3(C)C)[C@]2(C)O1. The van der Waals surface area contributed by atoms with E-state index in [1.54, 1.807) is 0 Å². The van der Waals surface area contributed by atoms with Crippen LogP contribution in [-0.4, -0.2) is 54.0 Å². The van der Waals surface area contributed by atoms with Gasteiger partial charge in [0.1, 0.15) is 5.78 Å². The van der Waals surface area contributed by atoms with Gasteiger partial charge in [0, 0.05) is 25.3 Å². The highest BCUT2D eigenvalue weighted by molar-refractivity contribution is 6.47. The van der Waals surface area contributed by atoms with Gasteiger partial charge in [-0.25, -0.2) is 15.1 Å². The zero-order valence-corrected chi connectivity index (χ0v) is 28.3. The molecule has 12 heteroatoms. The number of nitrogens with two attached hydrogens (primary N) is 1. The summed E-state index contributed by atoms with van der Waals surface area (Å²) in [7, 11) is -0.546. The van der Waals surface area contributed by atoms with Gasteiger partial charge in [-0.05, 0) is 87.0 Å². The fraction of sp³-hybridized carbons (Fsp3) is 0.735. The van der Waals surface area contributed by atoms with Crippen molar-refractivity contribution in [3.05, 3.63) is 46.0 Å². The average Bonchev–Trinajstić information content (AvgIpc) is 3.35. The molecule has 4 N–H and O–H groups in total. The Kier molecular flexibility index (Phi) is 12.3. The molecule has 254 valence electrons. The summed E-state index contributed by atoms with van der Waals surface area (Å²) < 4.78 is 13.3. The molecule has 3 saturated carbocycles. The topological polar surface area (TPSA) is 158 Å². The molecule has 1 aromatic rings. The lowest BCUT2D eigenvalue weighted by atomic mass is 9.43. The largest absolute Gasteiger partial charge is 0.481 e. The summed E-state index contributed by atoms with van der Waals surface area (Å²) in [6.07, 6.45) is 7.95. The van der Waals surface area contributed by atoms with Gasteiger partial charge in [0.05, 0.1) is 17.6 Å². The number of Topliss-reactive ketones (excluding diaryl/α,β-unsaturated/α-hetero) is 1. The number of carbonyl (C=O) groups excluding carboxylic acids is 2. The minimum absolute atomic E-state index is 0.0104. The number of nitrogens with zero attached hydrogens (tertiary/aromatic N) is 2. The predicted octanol–water partition coefficient (Wildman–Crippen LogP) is 5.04. The van der Waals surface area contributed by atoms with Crippen molar-refractivity contribution in [1.29, 1.82) is 0 Å². The van der Waals surface area contributed by atoms with Gasteiger partial charge < -0.3 is 20.4 Å². The number of hydrogen-bond acceptors (Lipinski definition) is 7. The molecule has 0 unspecified atom stereocenters. The second-order valence-electron chi connectivity index (χ2n) is 14.8. The van der Waals surface area contributed by atoms with Crippen LogP contribution in [0.15, 0.2) is 35.3 Å². The number of hydrazine groups is 1. The van der Waals surface area contributed by atoms with E-state index in [1.807, 2.05) is 23.6 Å². The zero-order chi connectivity index (χ0) is 33.5. The summed E-state index contributed by atoms with van der Waals surface area (Å²) in [5.74, 6) is 0.0114. The maximum Gasteiger partial charge on any atom is 0.481 e. The third-order valence-corrected chi connectivity index (χ3v) is 10.7. The molecular weight excluding hydrogens is 585 g/mol. The number of nitro groups is 1. The molecule has 4 aliphatic rings. The summed E-state index contributed by atoms with van der Waals surface area (Å²) in [4.78, 5) is 41.6. The van der Waals surface area contributed by atoms with E-state index in [0.717, 1.165) is 38.5 Å². The van der Waals surface area contributed by atoms with Gasteiger partial charge in [-0.2, -0.15) is 0 Å². The lowest BCUT2D eigenvalue weighted by molar-refractivity contribution is -0.525. The number of hydrogen-bond donors (Lipinski definition) is 3. The Hall–Kier alpha value is -2.99. The average molecular weight is 640 g/mol. The van der Waals surface area contributed by atoms with Crippen molar-refractivity contribution < 1.29 is 23.9 Å². The smallest absolute Gasteiger partial charge is 0.404 e. The summed E-state index contributed by atoms with van der Waals surface area (Å²) in [6.45, 7) is 11.3. The summed E-state index contributed by atoms with van der Waals surface area (Å²) >= 11 is 0. The van der Waals surface area contributed by atoms with Crippen LogP contribution >= 0.6 is 0 Å². The maximum absolute atomic E-state index is 13.9. The van der Waals surface area contributed by atoms with Gasteiger partial charge >= 0.3 is 7.12 Å². The first-order valence-corrected chi connectivity index (χ1v) is 17.2. The highest BCUT2D eigenvalue weighted by Gasteiger charge is 2.68. The van der Waals surface area contributed by atoms with Crippen LogP contribution in [0.4, 0.5) is 0 Å². The Morgan fingerprint density at radius 3 is 2.54 bits per heavy atom. The summed E-state index contributed by atoms with van der Waals surface area (Å²) in [6, 6.07) is 10.3. The molecule has 1 saturated heterocycles. The van der Waals surface area contributed by atoms with Crippen LogP contribution < -0.4 is 16.5 Å². The van der Waals surface area contributed by atoms with E-state index in [4.69, 9.17) is 15.0 Å². The van der Waals surface area contributed by atoms with Crippen LogP contribution in [0.3, 0.4) is 0 Å². The number of unbranched alkanes of at least 4 members (excludes halogenated alkanes) is 2. The summed E-state index contributed by atoms with van der Waals surface area (Å²) in [5, 5.41) is 13.1. The number of carbonyl (C=O) groups is 2. The third-order valence-electron chi connectivity index (χ3n) is 10.7. The van der Waals surface area contributed by atoms with Crippen LogP contribution in [0.25, 0.3) is 0 Å². The molecule has 5 rings (SSSR count). The molecule has 1 aliphatic heterocycles. The van der Waals surface area contributed by atoms with E-state index in [-0.39, 0.29) is 53.7 Å². The molecule has 0 aromatic heterocycles. The highest BCUT2D eigenvalue weighted by atomic mass is 16.7. The lowest BCUT2D eigenvalue weighted by Gasteiger charge is -2.64. The van der Waals surface area contributed by atoms with Gasteiger partial charge in [-0.15, -0.1) is 0 Å². The molecule has 0 radical (unpaired) electrons. The van der Waals surface area contributed by atoms with Crippen molar-refractivity contribution in [3.8, 4) is 0 Å². The molecule has 46 heavy (non-hydrogen) atoms. The van der Waals surface area contributed by atoms with E-state index in [2.05, 4.69) is 57.1 Å². The molecule has 1 heterocycles. The van der Waals surface area contributed by atoms with Crippen molar-refractivity contribution in [2.75, 3.05) is 6.54 Å². The fourth-order valence-electron chi connectivity index (χ4n) is 7.96. The Labute approximate surface area is 274 Å². The quantitative estimate of drug-likeness (QED) is 0.0504. The Morgan fingerprint density at radius 1 is 1.13 bits per heavy atom. The molecule has 4 fully saturated rings. The molecule has 6 atom stereocenters. The van der Waals surface area contributed by atoms with Gasteiger partial charge in [-0.1, -0.05) is 69.9 Å². The van der Waals surface area contributed by atoms with Crippen molar-refractivity contribution in [2.45, 2.75) is 123 Å². The first kappa shape index (κ1) is 35.9. The normalized spacial score (nSPS) is 26.2. The van der Waals surface area contributed by atoms with Gasteiger partial charge in [0.15, 0.2) is 5.03 Å². The molecular formula is C34H54BN5O6. The van der Waals surface area contributed by atoms with Gasteiger partial charge in [0.2, 0.25) is 5.91 Å². The first-order chi connectivity index (χ1) is 21.8. The number of benzene rings is 1. The number of guanidine groups is 1. The van der Waals surface area contributed by atoms with E-state index < -0.39 is 18.1 Å². The Morgan fingerprint density at radius 2 is 1.87 bits per heavy atom. The second-order valence-corrected chi connectivity index (χ2v) is 14.8. The van der Waals surface area contributed by atoms with Crippen LogP contribution in [0.1, 0.15) is 104 Å². The number of nitrogens with one attached hydrogen (secondary N) is 2. The first-order valence-electron chi connectivity index (χ1n) is 17.2. The van der Waals surface area contributed by atoms with E-state index >= 15 is 0 Å². The van der Waals surface area contributed by atoms with E-state index in [0.29, 0.717) is 43.4 Å². The van der Waals surface area contributed by atoms with Crippen LogP contribution in [0, 0.1) is 39.2 Å². The second kappa shape index (κ2) is 15.7. The number of ketones is 1. The minimum atomic E-state index is -0.767. The van der Waals surface area contributed by atoms with Gasteiger partial charge in [-0.3, -0.25) is 9.59 Å². The monoisotopic (exact) mass is 639 g/mol. The number of aryl methyl sites for hydroxylation is 1. The van der Waals surface area contributed by atoms with Gasteiger partial charge in [0.25, 0.3) is 5.96 Å². The third kappa shape index (κ3) is 9.09. The number of aliphatic imine (C=N–C) groups is 1.